The number of hydrogen-bond donors (Lipinski definition) is 0. The van der Waals surface area contributed by atoms with E-state index in [1.807, 2.05) is 18.3 Å². The first-order chi connectivity index (χ1) is 10.2. The van der Waals surface area contributed by atoms with Gasteiger partial charge in [0.25, 0.3) is 0 Å². The molecule has 5 heteroatoms. The van der Waals surface area contributed by atoms with Crippen LogP contribution in [-0.4, -0.2) is 37.2 Å². The average Bonchev–Trinajstić information content (AvgIpc) is 2.94. The molecule has 114 valence electrons. The van der Waals surface area contributed by atoms with E-state index < -0.39 is 0 Å². The van der Waals surface area contributed by atoms with Gasteiger partial charge in [0.2, 0.25) is 12.5 Å². The summed E-state index contributed by atoms with van der Waals surface area (Å²) in [5.41, 5.74) is 0.959. The van der Waals surface area contributed by atoms with Crippen molar-refractivity contribution < 1.29 is 14.2 Å². The minimum absolute atomic E-state index is 0.243. The number of nitrogens with zero attached hydrogens (tertiary/aromatic N) is 2. The molecular formula is C16H22N2O3. The van der Waals surface area contributed by atoms with Crippen molar-refractivity contribution in [2.75, 3.05) is 13.9 Å². The summed E-state index contributed by atoms with van der Waals surface area (Å²) in [5, 5.41) is 6.87. The van der Waals surface area contributed by atoms with Gasteiger partial charge in [0.05, 0.1) is 13.3 Å². The molecule has 0 spiro atoms. The van der Waals surface area contributed by atoms with Crippen molar-refractivity contribution in [3.05, 3.63) is 17.7 Å². The van der Waals surface area contributed by atoms with Crippen molar-refractivity contribution in [3.63, 3.8) is 0 Å². The zero-order valence-corrected chi connectivity index (χ0v) is 12.8. The summed E-state index contributed by atoms with van der Waals surface area (Å²) in [6.45, 7) is 4.70. The van der Waals surface area contributed by atoms with Gasteiger partial charge in [-0.1, -0.05) is 0 Å². The van der Waals surface area contributed by atoms with Crippen LogP contribution in [0.1, 0.15) is 38.7 Å². The lowest BCUT2D eigenvalue weighted by Crippen LogP contribution is -2.39. The molecule has 0 unspecified atom stereocenters. The summed E-state index contributed by atoms with van der Waals surface area (Å²) in [4.78, 5) is 0. The number of hydrogen-bond acceptors (Lipinski definition) is 5. The first kappa shape index (κ1) is 14.0. The number of hydrazone groups is 1. The third kappa shape index (κ3) is 2.77. The fourth-order valence-electron chi connectivity index (χ4n) is 2.99. The lowest BCUT2D eigenvalue weighted by Gasteiger charge is -2.36. The van der Waals surface area contributed by atoms with Crippen LogP contribution >= 0.6 is 0 Å². The van der Waals surface area contributed by atoms with Crippen molar-refractivity contribution in [3.8, 4) is 17.2 Å². The molecule has 0 aromatic heterocycles. The summed E-state index contributed by atoms with van der Waals surface area (Å²) in [6.07, 6.45) is 5.56. The van der Waals surface area contributed by atoms with Crippen LogP contribution in [0.25, 0.3) is 0 Å². The molecule has 1 aromatic rings. The van der Waals surface area contributed by atoms with E-state index in [2.05, 4.69) is 24.0 Å². The Bertz CT molecular complexity index is 535. The Morgan fingerprint density at radius 1 is 1.24 bits per heavy atom. The summed E-state index contributed by atoms with van der Waals surface area (Å²) in [7, 11) is 1.63. The van der Waals surface area contributed by atoms with Crippen molar-refractivity contribution in [1.82, 2.24) is 5.01 Å². The van der Waals surface area contributed by atoms with E-state index in [1.165, 1.54) is 19.3 Å². The van der Waals surface area contributed by atoms with E-state index in [1.54, 1.807) is 7.11 Å². The maximum absolute atomic E-state index is 5.44. The Hall–Kier alpha value is -1.91. The van der Waals surface area contributed by atoms with Gasteiger partial charge in [-0.25, -0.2) is 0 Å². The van der Waals surface area contributed by atoms with Crippen LogP contribution < -0.4 is 14.2 Å². The van der Waals surface area contributed by atoms with Gasteiger partial charge in [-0.05, 0) is 45.2 Å². The summed E-state index contributed by atoms with van der Waals surface area (Å²) < 4.78 is 16.2. The molecule has 1 fully saturated rings. The number of fused-ring (bicyclic) bond motifs is 1. The van der Waals surface area contributed by atoms with Crippen molar-refractivity contribution in [1.29, 1.82) is 0 Å². The quantitative estimate of drug-likeness (QED) is 0.803. The third-order valence-corrected chi connectivity index (χ3v) is 4.17. The van der Waals surface area contributed by atoms with Crippen molar-refractivity contribution in [2.45, 2.75) is 45.2 Å². The minimum atomic E-state index is 0.243. The van der Waals surface area contributed by atoms with Crippen LogP contribution in [-0.2, 0) is 0 Å². The highest BCUT2D eigenvalue weighted by Crippen LogP contribution is 2.41. The Kier molecular flexibility index (Phi) is 3.90. The fraction of sp³-hybridized carbons (Fsp3) is 0.562. The third-order valence-electron chi connectivity index (χ3n) is 4.17. The Morgan fingerprint density at radius 3 is 2.71 bits per heavy atom. The second kappa shape index (κ2) is 5.84. The Labute approximate surface area is 125 Å². The molecule has 1 aromatic carbocycles. The van der Waals surface area contributed by atoms with Crippen LogP contribution in [0.4, 0.5) is 0 Å². The van der Waals surface area contributed by atoms with E-state index in [9.17, 15) is 0 Å². The van der Waals surface area contributed by atoms with Gasteiger partial charge in [-0.2, -0.15) is 5.10 Å². The molecular weight excluding hydrogens is 268 g/mol. The van der Waals surface area contributed by atoms with Gasteiger partial charge >= 0.3 is 0 Å². The van der Waals surface area contributed by atoms with Gasteiger partial charge in [0, 0.05) is 17.6 Å². The summed E-state index contributed by atoms with van der Waals surface area (Å²) >= 11 is 0. The van der Waals surface area contributed by atoms with Crippen molar-refractivity contribution >= 4 is 6.21 Å². The standard InChI is InChI=1S/C16H22N2O3/c1-11-5-4-6-12(2)18(11)17-9-13-7-14(19-3)16-15(8-13)20-10-21-16/h7-9,11-12H,4-6,10H2,1-3H3/b17-9-/t11-,12-/m0/s1. The van der Waals surface area contributed by atoms with Gasteiger partial charge < -0.3 is 14.2 Å². The second-order valence-electron chi connectivity index (χ2n) is 5.71. The normalized spacial score (nSPS) is 24.6. The number of ether oxygens (including phenoxy) is 3. The number of rotatable bonds is 3. The van der Waals surface area contributed by atoms with E-state index >= 15 is 0 Å². The predicted octanol–water partition coefficient (Wildman–Crippen LogP) is 3.02. The molecule has 5 nitrogen and oxygen atoms in total. The predicted molar refractivity (Wildman–Crippen MR) is 81.3 cm³/mol. The topological polar surface area (TPSA) is 43.3 Å². The molecule has 0 amide bonds. The lowest BCUT2D eigenvalue weighted by atomic mass is 10.00. The second-order valence-corrected chi connectivity index (χ2v) is 5.71. The SMILES string of the molecule is COc1cc(/C=N\N2[C@@H](C)CCC[C@@H]2C)cc2c1OCO2. The van der Waals surface area contributed by atoms with Crippen LogP contribution in [0.2, 0.25) is 0 Å². The number of benzene rings is 1. The molecule has 1 saturated heterocycles. The van der Waals surface area contributed by atoms with Gasteiger partial charge in [-0.3, -0.25) is 5.01 Å². The molecule has 3 rings (SSSR count). The van der Waals surface area contributed by atoms with Crippen molar-refractivity contribution in [2.24, 2.45) is 5.10 Å². The van der Waals surface area contributed by atoms with E-state index in [0.717, 1.165) is 11.3 Å². The molecule has 2 aliphatic rings. The van der Waals surface area contributed by atoms with E-state index in [0.29, 0.717) is 23.6 Å². The van der Waals surface area contributed by atoms with Gasteiger partial charge in [-0.15, -0.1) is 0 Å². The highest BCUT2D eigenvalue weighted by atomic mass is 16.7. The minimum Gasteiger partial charge on any atom is -0.493 e. The fourth-order valence-corrected chi connectivity index (χ4v) is 2.99. The monoisotopic (exact) mass is 290 g/mol. The largest absolute Gasteiger partial charge is 0.493 e. The molecule has 0 N–H and O–H groups in total. The molecule has 2 aliphatic heterocycles. The molecule has 0 saturated carbocycles. The first-order valence-electron chi connectivity index (χ1n) is 7.49. The molecule has 21 heavy (non-hydrogen) atoms. The summed E-state index contributed by atoms with van der Waals surface area (Å²) in [5.74, 6) is 2.08. The van der Waals surface area contributed by atoms with Crippen LogP contribution in [0.5, 0.6) is 17.2 Å². The molecule has 0 aliphatic carbocycles. The van der Waals surface area contributed by atoms with Gasteiger partial charge in [0.15, 0.2) is 11.5 Å². The van der Waals surface area contributed by atoms with Crippen LogP contribution in [0, 0.1) is 0 Å². The molecule has 2 heterocycles. The number of methoxy groups -OCH3 is 1. The van der Waals surface area contributed by atoms with E-state index in [4.69, 9.17) is 14.2 Å². The maximum atomic E-state index is 5.44. The first-order valence-corrected chi connectivity index (χ1v) is 7.49. The molecule has 2 atom stereocenters. The number of piperidine rings is 1. The Morgan fingerprint density at radius 2 is 2.00 bits per heavy atom. The van der Waals surface area contributed by atoms with Crippen LogP contribution in [0.3, 0.4) is 0 Å². The maximum Gasteiger partial charge on any atom is 0.231 e. The van der Waals surface area contributed by atoms with Gasteiger partial charge in [0.1, 0.15) is 0 Å². The highest BCUT2D eigenvalue weighted by Gasteiger charge is 2.23. The average molecular weight is 290 g/mol. The highest BCUT2D eigenvalue weighted by molar-refractivity contribution is 5.82. The lowest BCUT2D eigenvalue weighted by molar-refractivity contribution is 0.109. The molecule has 0 bridgehead atoms. The zero-order chi connectivity index (χ0) is 14.8. The van der Waals surface area contributed by atoms with E-state index in [-0.39, 0.29) is 6.79 Å². The Balaban J connectivity index is 1.82. The van der Waals surface area contributed by atoms with Crippen LogP contribution in [0.15, 0.2) is 17.2 Å². The zero-order valence-electron chi connectivity index (χ0n) is 12.8. The smallest absolute Gasteiger partial charge is 0.231 e. The summed E-state index contributed by atoms with van der Waals surface area (Å²) in [6, 6.07) is 4.84. The molecule has 0 radical (unpaired) electrons.